The van der Waals surface area contributed by atoms with Crippen molar-refractivity contribution in [3.05, 3.63) is 70.5 Å². The Morgan fingerprint density at radius 3 is 2.35 bits per heavy atom. The van der Waals surface area contributed by atoms with E-state index in [0.29, 0.717) is 49.3 Å². The van der Waals surface area contributed by atoms with Crippen molar-refractivity contribution < 1.29 is 23.5 Å². The minimum Gasteiger partial charge on any atom is -0.381 e. The van der Waals surface area contributed by atoms with Crippen molar-refractivity contribution >= 4 is 17.7 Å². The van der Waals surface area contributed by atoms with Crippen LogP contribution in [0.15, 0.2) is 42.5 Å². The number of carbonyl (C=O) groups is 3. The number of amides is 3. The number of rotatable bonds is 5. The highest BCUT2D eigenvalue weighted by molar-refractivity contribution is 6.22. The third-order valence-electron chi connectivity index (χ3n) is 7.61. The van der Waals surface area contributed by atoms with E-state index in [9.17, 15) is 18.8 Å². The van der Waals surface area contributed by atoms with Gasteiger partial charge in [-0.25, -0.2) is 4.39 Å². The molecule has 1 saturated carbocycles. The van der Waals surface area contributed by atoms with Crippen molar-refractivity contribution in [2.24, 2.45) is 0 Å². The van der Waals surface area contributed by atoms with Gasteiger partial charge in [0.1, 0.15) is 5.82 Å². The van der Waals surface area contributed by atoms with Gasteiger partial charge >= 0.3 is 0 Å². The van der Waals surface area contributed by atoms with E-state index in [1.165, 1.54) is 17.0 Å². The maximum absolute atomic E-state index is 13.5. The summed E-state index contributed by atoms with van der Waals surface area (Å²) in [6.07, 6.45) is 6.29. The van der Waals surface area contributed by atoms with E-state index >= 15 is 0 Å². The number of hydrogen-bond donors (Lipinski definition) is 1. The van der Waals surface area contributed by atoms with E-state index in [0.717, 1.165) is 37.7 Å². The number of carbonyl (C=O) groups excluding carboxylic acids is 3. The van der Waals surface area contributed by atoms with E-state index in [2.05, 4.69) is 5.32 Å². The maximum Gasteiger partial charge on any atom is 0.261 e. The van der Waals surface area contributed by atoms with Crippen LogP contribution < -0.4 is 5.32 Å². The molecule has 0 atom stereocenters. The Morgan fingerprint density at radius 1 is 0.971 bits per heavy atom. The van der Waals surface area contributed by atoms with Crippen molar-refractivity contribution in [3.63, 3.8) is 0 Å². The molecule has 178 valence electrons. The molecule has 1 aliphatic carbocycles. The number of benzene rings is 2. The van der Waals surface area contributed by atoms with Gasteiger partial charge in [0, 0.05) is 36.8 Å². The van der Waals surface area contributed by atoms with Crippen LogP contribution in [0.1, 0.15) is 81.6 Å². The lowest BCUT2D eigenvalue weighted by Gasteiger charge is -2.38. The summed E-state index contributed by atoms with van der Waals surface area (Å²) in [5, 5.41) is 3.02. The van der Waals surface area contributed by atoms with Crippen molar-refractivity contribution in [3.8, 4) is 0 Å². The fraction of sp³-hybridized carbons (Fsp3) is 0.444. The Kier molecular flexibility index (Phi) is 6.21. The molecule has 34 heavy (non-hydrogen) atoms. The first kappa shape index (κ1) is 22.7. The summed E-state index contributed by atoms with van der Waals surface area (Å²) in [5.41, 5.74) is 1.66. The quantitative estimate of drug-likeness (QED) is 0.672. The second-order valence-electron chi connectivity index (χ2n) is 9.61. The zero-order valence-electron chi connectivity index (χ0n) is 19.1. The highest BCUT2D eigenvalue weighted by atomic mass is 19.1. The van der Waals surface area contributed by atoms with Gasteiger partial charge in [-0.2, -0.15) is 0 Å². The number of hydrogen-bond acceptors (Lipinski definition) is 4. The number of ether oxygens (including phenoxy) is 1. The molecule has 0 spiro atoms. The summed E-state index contributed by atoms with van der Waals surface area (Å²) in [7, 11) is 0. The van der Waals surface area contributed by atoms with Gasteiger partial charge in [-0.15, -0.1) is 0 Å². The smallest absolute Gasteiger partial charge is 0.261 e. The molecule has 0 radical (unpaired) electrons. The molecule has 5 rings (SSSR count). The third kappa shape index (κ3) is 4.13. The number of halogens is 1. The number of nitrogens with zero attached hydrogens (tertiary/aromatic N) is 1. The van der Waals surface area contributed by atoms with Crippen LogP contribution in [0.25, 0.3) is 0 Å². The first-order chi connectivity index (χ1) is 16.5. The Balaban J connectivity index is 1.33. The van der Waals surface area contributed by atoms with E-state index in [4.69, 9.17) is 4.74 Å². The monoisotopic (exact) mass is 464 g/mol. The summed E-state index contributed by atoms with van der Waals surface area (Å²) in [4.78, 5) is 40.5. The molecule has 2 heterocycles. The topological polar surface area (TPSA) is 75.7 Å². The summed E-state index contributed by atoms with van der Waals surface area (Å²) < 4.78 is 19.0. The number of imide groups is 1. The molecule has 2 aromatic rings. The van der Waals surface area contributed by atoms with Gasteiger partial charge < -0.3 is 10.1 Å². The number of fused-ring (bicyclic) bond motifs is 1. The zero-order valence-corrected chi connectivity index (χ0v) is 19.1. The van der Waals surface area contributed by atoms with Gasteiger partial charge in [-0.05, 0) is 61.6 Å². The molecule has 1 N–H and O–H groups in total. The SMILES string of the molecule is O=C(NCC1(c2ccc(F)cc2)CCOCC1)c1ccc2c(c1)C(=O)N(C1CCCCC1)C2=O. The largest absolute Gasteiger partial charge is 0.381 e. The molecular formula is C27H29FN2O4. The molecule has 0 bridgehead atoms. The zero-order chi connectivity index (χ0) is 23.7. The fourth-order valence-electron chi connectivity index (χ4n) is 5.56. The van der Waals surface area contributed by atoms with Crippen LogP contribution in [0.2, 0.25) is 0 Å². The van der Waals surface area contributed by atoms with Crippen molar-refractivity contribution in [1.29, 1.82) is 0 Å². The highest BCUT2D eigenvalue weighted by Crippen LogP contribution is 2.35. The summed E-state index contributed by atoms with van der Waals surface area (Å²) in [6, 6.07) is 11.1. The minimum absolute atomic E-state index is 0.0532. The molecule has 2 aliphatic heterocycles. The van der Waals surface area contributed by atoms with Crippen LogP contribution in [0, 0.1) is 5.82 Å². The molecule has 0 aromatic heterocycles. The van der Waals surface area contributed by atoms with Crippen LogP contribution in [0.3, 0.4) is 0 Å². The van der Waals surface area contributed by atoms with Crippen LogP contribution in [0.5, 0.6) is 0 Å². The Labute approximate surface area is 198 Å². The minimum atomic E-state index is -0.345. The highest BCUT2D eigenvalue weighted by Gasteiger charge is 2.41. The molecule has 0 unspecified atom stereocenters. The van der Waals surface area contributed by atoms with E-state index in [1.807, 2.05) is 0 Å². The van der Waals surface area contributed by atoms with Gasteiger partial charge in [0.2, 0.25) is 0 Å². The molecule has 7 heteroatoms. The lowest BCUT2D eigenvalue weighted by Crippen LogP contribution is -2.44. The lowest BCUT2D eigenvalue weighted by molar-refractivity contribution is 0.0487. The molecular weight excluding hydrogens is 435 g/mol. The molecule has 2 aromatic carbocycles. The van der Waals surface area contributed by atoms with Crippen molar-refractivity contribution in [2.75, 3.05) is 19.8 Å². The molecule has 3 aliphatic rings. The van der Waals surface area contributed by atoms with Crippen molar-refractivity contribution in [2.45, 2.75) is 56.4 Å². The predicted octanol–water partition coefficient (Wildman–Crippen LogP) is 4.23. The Morgan fingerprint density at radius 2 is 1.65 bits per heavy atom. The molecule has 1 saturated heterocycles. The molecule has 3 amide bonds. The second-order valence-corrected chi connectivity index (χ2v) is 9.61. The van der Waals surface area contributed by atoms with Crippen molar-refractivity contribution in [1.82, 2.24) is 10.2 Å². The first-order valence-electron chi connectivity index (χ1n) is 12.1. The average Bonchev–Trinajstić information content (AvgIpc) is 3.13. The maximum atomic E-state index is 13.5. The van der Waals surface area contributed by atoms with Crippen LogP contribution >= 0.6 is 0 Å². The van der Waals surface area contributed by atoms with Crippen LogP contribution in [-0.2, 0) is 10.2 Å². The first-order valence-corrected chi connectivity index (χ1v) is 12.1. The second kappa shape index (κ2) is 9.29. The van der Waals surface area contributed by atoms with E-state index in [-0.39, 0.29) is 35.0 Å². The standard InChI is InChI=1S/C27H29FN2O4/c28-20-9-7-19(8-10-20)27(12-14-34-15-13-27)17-29-24(31)18-6-11-22-23(16-18)26(33)30(25(22)32)21-4-2-1-3-5-21/h6-11,16,21H,1-5,12-15,17H2,(H,29,31). The predicted molar refractivity (Wildman–Crippen MR) is 124 cm³/mol. The van der Waals surface area contributed by atoms with Gasteiger partial charge in [0.15, 0.2) is 0 Å². The third-order valence-corrected chi connectivity index (χ3v) is 7.61. The Bertz CT molecular complexity index is 1100. The van der Waals surface area contributed by atoms with Crippen LogP contribution in [0.4, 0.5) is 4.39 Å². The summed E-state index contributed by atoms with van der Waals surface area (Å²) >= 11 is 0. The normalized spacial score (nSPS) is 20.3. The lowest BCUT2D eigenvalue weighted by atomic mass is 9.74. The van der Waals surface area contributed by atoms with Gasteiger partial charge in [0.05, 0.1) is 11.1 Å². The fourth-order valence-corrected chi connectivity index (χ4v) is 5.56. The van der Waals surface area contributed by atoms with E-state index < -0.39 is 0 Å². The van der Waals surface area contributed by atoms with Gasteiger partial charge in [-0.1, -0.05) is 31.4 Å². The van der Waals surface area contributed by atoms with Crippen LogP contribution in [-0.4, -0.2) is 48.4 Å². The van der Waals surface area contributed by atoms with Gasteiger partial charge in [0.25, 0.3) is 17.7 Å². The van der Waals surface area contributed by atoms with Gasteiger partial charge in [-0.3, -0.25) is 19.3 Å². The average molecular weight is 465 g/mol. The summed E-state index contributed by atoms with van der Waals surface area (Å²) in [5.74, 6) is -1.15. The Hall–Kier alpha value is -3.06. The molecule has 6 nitrogen and oxygen atoms in total. The molecule has 2 fully saturated rings. The summed E-state index contributed by atoms with van der Waals surface area (Å²) in [6.45, 7) is 1.51. The number of nitrogens with one attached hydrogen (secondary N) is 1. The van der Waals surface area contributed by atoms with E-state index in [1.54, 1.807) is 30.3 Å².